The summed E-state index contributed by atoms with van der Waals surface area (Å²) >= 11 is 1.55. The van der Waals surface area contributed by atoms with E-state index in [4.69, 9.17) is 9.72 Å². The van der Waals surface area contributed by atoms with Crippen molar-refractivity contribution in [1.29, 1.82) is 0 Å². The van der Waals surface area contributed by atoms with Crippen molar-refractivity contribution in [2.75, 3.05) is 11.5 Å². The molecule has 4 rings (SSSR count). The number of anilines is 1. The van der Waals surface area contributed by atoms with Crippen LogP contribution in [0.4, 0.5) is 5.13 Å². The van der Waals surface area contributed by atoms with E-state index in [9.17, 15) is 4.79 Å². The minimum absolute atomic E-state index is 0.0361. The second-order valence-electron chi connectivity index (χ2n) is 7.45. The lowest BCUT2D eigenvalue weighted by Gasteiger charge is -2.20. The van der Waals surface area contributed by atoms with E-state index in [1.807, 2.05) is 61.5 Å². The Hall–Kier alpha value is -3.18. The van der Waals surface area contributed by atoms with E-state index in [-0.39, 0.29) is 12.5 Å². The first-order valence-electron chi connectivity index (χ1n) is 9.92. The summed E-state index contributed by atoms with van der Waals surface area (Å²) in [4.78, 5) is 19.8. The van der Waals surface area contributed by atoms with Gasteiger partial charge in [-0.1, -0.05) is 65.9 Å². The van der Waals surface area contributed by atoms with Crippen LogP contribution in [0.1, 0.15) is 22.3 Å². The smallest absolute Gasteiger partial charge is 0.267 e. The normalized spacial score (nSPS) is 10.9. The molecule has 1 aromatic heterocycles. The van der Waals surface area contributed by atoms with Crippen molar-refractivity contribution in [3.63, 3.8) is 0 Å². The van der Waals surface area contributed by atoms with Crippen molar-refractivity contribution in [3.8, 4) is 5.75 Å². The number of carbonyl (C=O) groups excluding carboxylic acids is 1. The number of nitrogens with zero attached hydrogens (tertiary/aromatic N) is 2. The lowest BCUT2D eigenvalue weighted by molar-refractivity contribution is -0.120. The maximum atomic E-state index is 13.2. The van der Waals surface area contributed by atoms with Crippen LogP contribution in [0.5, 0.6) is 5.75 Å². The minimum Gasteiger partial charge on any atom is -0.483 e. The molecule has 0 N–H and O–H groups in total. The van der Waals surface area contributed by atoms with Crippen LogP contribution in [0.25, 0.3) is 10.2 Å². The number of carbonyl (C=O) groups is 1. The molecular weight excluding hydrogens is 392 g/mol. The molecule has 0 saturated heterocycles. The molecule has 1 heterocycles. The Morgan fingerprint density at radius 3 is 2.47 bits per heavy atom. The van der Waals surface area contributed by atoms with Gasteiger partial charge in [-0.3, -0.25) is 9.69 Å². The van der Waals surface area contributed by atoms with Crippen LogP contribution in [0, 0.1) is 20.8 Å². The van der Waals surface area contributed by atoms with Gasteiger partial charge in [-0.05, 0) is 55.2 Å². The average Bonchev–Trinajstić information content (AvgIpc) is 3.16. The monoisotopic (exact) mass is 416 g/mol. The van der Waals surface area contributed by atoms with Crippen LogP contribution in [0.3, 0.4) is 0 Å². The maximum Gasteiger partial charge on any atom is 0.267 e. The van der Waals surface area contributed by atoms with Crippen molar-refractivity contribution in [1.82, 2.24) is 4.98 Å². The Morgan fingerprint density at radius 2 is 1.70 bits per heavy atom. The zero-order valence-electron chi connectivity index (χ0n) is 17.4. The molecule has 5 heteroatoms. The zero-order valence-corrected chi connectivity index (χ0v) is 18.2. The molecule has 0 atom stereocenters. The highest BCUT2D eigenvalue weighted by molar-refractivity contribution is 7.22. The number of para-hydroxylation sites is 1. The molecule has 4 aromatic rings. The molecule has 0 spiro atoms. The van der Waals surface area contributed by atoms with Crippen LogP contribution in [0.2, 0.25) is 0 Å². The van der Waals surface area contributed by atoms with Crippen molar-refractivity contribution >= 4 is 32.6 Å². The molecule has 0 aliphatic heterocycles. The molecule has 0 fully saturated rings. The molecular formula is C25H24N2O2S. The third kappa shape index (κ3) is 4.36. The lowest BCUT2D eigenvalue weighted by Crippen LogP contribution is -2.34. The van der Waals surface area contributed by atoms with E-state index in [0.717, 1.165) is 27.1 Å². The lowest BCUT2D eigenvalue weighted by atomic mass is 10.1. The van der Waals surface area contributed by atoms with Gasteiger partial charge in [0.1, 0.15) is 5.75 Å². The minimum atomic E-state index is -0.115. The number of rotatable bonds is 6. The summed E-state index contributed by atoms with van der Waals surface area (Å²) in [5, 5.41) is 0.695. The first-order valence-corrected chi connectivity index (χ1v) is 10.7. The first-order chi connectivity index (χ1) is 14.5. The van der Waals surface area contributed by atoms with E-state index in [1.54, 1.807) is 16.2 Å². The number of fused-ring (bicyclic) bond motifs is 1. The summed E-state index contributed by atoms with van der Waals surface area (Å²) in [6.07, 6.45) is 0. The number of ether oxygens (including phenoxy) is 1. The summed E-state index contributed by atoms with van der Waals surface area (Å²) in [6.45, 7) is 6.54. The number of amides is 1. The maximum absolute atomic E-state index is 13.2. The van der Waals surface area contributed by atoms with Crippen molar-refractivity contribution < 1.29 is 9.53 Å². The largest absolute Gasteiger partial charge is 0.483 e. The topological polar surface area (TPSA) is 42.4 Å². The summed E-state index contributed by atoms with van der Waals surface area (Å²) in [6, 6.07) is 21.9. The number of thiazole rings is 1. The zero-order chi connectivity index (χ0) is 21.1. The molecule has 30 heavy (non-hydrogen) atoms. The fourth-order valence-electron chi connectivity index (χ4n) is 3.44. The third-order valence-electron chi connectivity index (χ3n) is 4.97. The SMILES string of the molecule is Cc1cc(C)c2sc(N(Cc3ccccc3)C(=O)COc3ccccc3C)nc2c1. The van der Waals surface area contributed by atoms with Crippen LogP contribution in [-0.2, 0) is 11.3 Å². The second kappa shape index (κ2) is 8.67. The van der Waals surface area contributed by atoms with Crippen LogP contribution in [0.15, 0.2) is 66.7 Å². The van der Waals surface area contributed by atoms with Crippen LogP contribution >= 0.6 is 11.3 Å². The number of aryl methyl sites for hydroxylation is 3. The van der Waals surface area contributed by atoms with Gasteiger partial charge in [0.15, 0.2) is 11.7 Å². The molecule has 152 valence electrons. The van der Waals surface area contributed by atoms with Crippen molar-refractivity contribution in [3.05, 3.63) is 89.0 Å². The number of hydrogen-bond acceptors (Lipinski definition) is 4. The van der Waals surface area contributed by atoms with Gasteiger partial charge in [0.2, 0.25) is 0 Å². The molecule has 1 amide bonds. The van der Waals surface area contributed by atoms with Gasteiger partial charge in [-0.25, -0.2) is 4.98 Å². The molecule has 3 aromatic carbocycles. The third-order valence-corrected chi connectivity index (χ3v) is 6.20. The van der Waals surface area contributed by atoms with Crippen LogP contribution < -0.4 is 9.64 Å². The summed E-state index contributed by atoms with van der Waals surface area (Å²) in [5.41, 5.74) is 5.33. The van der Waals surface area contributed by atoms with E-state index in [0.29, 0.717) is 11.7 Å². The Balaban J connectivity index is 1.65. The Morgan fingerprint density at radius 1 is 0.967 bits per heavy atom. The molecule has 0 radical (unpaired) electrons. The van der Waals surface area contributed by atoms with Gasteiger partial charge in [0.25, 0.3) is 5.91 Å². The second-order valence-corrected chi connectivity index (χ2v) is 8.42. The summed E-state index contributed by atoms with van der Waals surface area (Å²) < 4.78 is 6.95. The highest BCUT2D eigenvalue weighted by atomic mass is 32.1. The van der Waals surface area contributed by atoms with Crippen LogP contribution in [-0.4, -0.2) is 17.5 Å². The predicted octanol–water partition coefficient (Wildman–Crippen LogP) is 5.83. The Bertz CT molecular complexity index is 1180. The molecule has 0 bridgehead atoms. The highest BCUT2D eigenvalue weighted by Crippen LogP contribution is 2.33. The fourth-order valence-corrected chi connectivity index (χ4v) is 4.48. The van der Waals surface area contributed by atoms with Gasteiger partial charge in [0, 0.05) is 0 Å². The number of hydrogen-bond donors (Lipinski definition) is 0. The average molecular weight is 417 g/mol. The first kappa shape index (κ1) is 20.1. The van der Waals surface area contributed by atoms with Gasteiger partial charge in [-0.15, -0.1) is 0 Å². The Kier molecular flexibility index (Phi) is 5.81. The Labute approximate surface area is 180 Å². The molecule has 0 saturated carbocycles. The van der Waals surface area contributed by atoms with E-state index < -0.39 is 0 Å². The number of benzene rings is 3. The fraction of sp³-hybridized carbons (Fsp3) is 0.200. The molecule has 4 nitrogen and oxygen atoms in total. The molecule has 0 aliphatic rings. The van der Waals surface area contributed by atoms with E-state index in [1.165, 1.54) is 11.1 Å². The molecule has 0 aliphatic carbocycles. The van der Waals surface area contributed by atoms with Gasteiger partial charge in [0.05, 0.1) is 16.8 Å². The summed E-state index contributed by atoms with van der Waals surface area (Å²) in [7, 11) is 0. The van der Waals surface area contributed by atoms with E-state index >= 15 is 0 Å². The van der Waals surface area contributed by atoms with Crippen molar-refractivity contribution in [2.24, 2.45) is 0 Å². The highest BCUT2D eigenvalue weighted by Gasteiger charge is 2.21. The number of aromatic nitrogens is 1. The van der Waals surface area contributed by atoms with Gasteiger partial charge < -0.3 is 4.74 Å². The van der Waals surface area contributed by atoms with Gasteiger partial charge in [-0.2, -0.15) is 0 Å². The van der Waals surface area contributed by atoms with Crippen molar-refractivity contribution in [2.45, 2.75) is 27.3 Å². The molecule has 0 unspecified atom stereocenters. The van der Waals surface area contributed by atoms with Gasteiger partial charge >= 0.3 is 0 Å². The quantitative estimate of drug-likeness (QED) is 0.397. The predicted molar refractivity (Wildman–Crippen MR) is 123 cm³/mol. The standard InChI is InChI=1S/C25H24N2O2S/c1-17-13-19(3)24-21(14-17)26-25(30-24)27(15-20-10-5-4-6-11-20)23(28)16-29-22-12-8-7-9-18(22)2/h4-14H,15-16H2,1-3H3. The summed E-state index contributed by atoms with van der Waals surface area (Å²) in [5.74, 6) is 0.608. The van der Waals surface area contributed by atoms with E-state index in [2.05, 4.69) is 26.0 Å².